The van der Waals surface area contributed by atoms with Gasteiger partial charge >= 0.3 is 12.2 Å². The second kappa shape index (κ2) is 11.3. The van der Waals surface area contributed by atoms with Crippen LogP contribution in [0, 0.1) is 12.3 Å². The number of rotatable bonds is 8. The van der Waals surface area contributed by atoms with Gasteiger partial charge in [0.1, 0.15) is 17.2 Å². The van der Waals surface area contributed by atoms with Crippen LogP contribution in [0.4, 0.5) is 9.59 Å². The minimum absolute atomic E-state index is 0.0749. The van der Waals surface area contributed by atoms with Gasteiger partial charge in [0.2, 0.25) is 5.91 Å². The Morgan fingerprint density at radius 3 is 2.00 bits per heavy atom. The van der Waals surface area contributed by atoms with E-state index in [2.05, 4.69) is 21.9 Å². The highest BCUT2D eigenvalue weighted by Crippen LogP contribution is 2.09. The topological polar surface area (TPSA) is 106 Å². The molecule has 0 aliphatic carbocycles. The third-order valence-electron chi connectivity index (χ3n) is 2.96. The highest BCUT2D eigenvalue weighted by Gasteiger charge is 2.24. The molecule has 8 nitrogen and oxygen atoms in total. The highest BCUT2D eigenvalue weighted by atomic mass is 16.6. The van der Waals surface area contributed by atoms with Crippen LogP contribution in [0.5, 0.6) is 0 Å². The summed E-state index contributed by atoms with van der Waals surface area (Å²) in [7, 11) is 0. The largest absolute Gasteiger partial charge is 0.444 e. The lowest BCUT2D eigenvalue weighted by atomic mass is 10.1. The zero-order chi connectivity index (χ0) is 21.1. The zero-order valence-corrected chi connectivity index (χ0v) is 17.2. The number of terminal acetylenes is 1. The fourth-order valence-corrected chi connectivity index (χ4v) is 1.96. The van der Waals surface area contributed by atoms with Crippen molar-refractivity contribution in [1.29, 1.82) is 0 Å². The second-order valence-corrected chi connectivity index (χ2v) is 8.05. The summed E-state index contributed by atoms with van der Waals surface area (Å²) in [6, 6.07) is -0.769. The molecule has 1 unspecified atom stereocenters. The molecule has 0 rings (SSSR count). The SMILES string of the molecule is C#CCNC(=O)C(CCCCNC(=O)OC(C)(C)C)NC(=O)OC(C)(C)C. The van der Waals surface area contributed by atoms with Gasteiger partial charge in [0.15, 0.2) is 0 Å². The van der Waals surface area contributed by atoms with E-state index in [-0.39, 0.29) is 12.5 Å². The molecule has 8 heteroatoms. The number of hydrogen-bond acceptors (Lipinski definition) is 5. The summed E-state index contributed by atoms with van der Waals surface area (Å²) in [6.07, 6.45) is 5.58. The van der Waals surface area contributed by atoms with Gasteiger partial charge in [0, 0.05) is 6.54 Å². The number of ether oxygens (including phenoxy) is 2. The molecular weight excluding hydrogens is 350 g/mol. The molecule has 3 N–H and O–H groups in total. The van der Waals surface area contributed by atoms with Crippen LogP contribution in [-0.4, -0.2) is 48.4 Å². The van der Waals surface area contributed by atoms with Crippen LogP contribution in [-0.2, 0) is 14.3 Å². The lowest BCUT2D eigenvalue weighted by Crippen LogP contribution is -2.48. The third kappa shape index (κ3) is 14.4. The Kier molecular flexibility index (Phi) is 10.3. The van der Waals surface area contributed by atoms with Gasteiger partial charge in [-0.15, -0.1) is 6.42 Å². The fraction of sp³-hybridized carbons (Fsp3) is 0.737. The number of alkyl carbamates (subject to hydrolysis) is 2. The van der Waals surface area contributed by atoms with Crippen LogP contribution in [0.2, 0.25) is 0 Å². The van der Waals surface area contributed by atoms with E-state index < -0.39 is 29.4 Å². The minimum atomic E-state index is -0.769. The molecule has 0 fully saturated rings. The normalized spacial score (nSPS) is 12.3. The Bertz CT molecular complexity index is 541. The van der Waals surface area contributed by atoms with Crippen molar-refractivity contribution in [2.45, 2.75) is 78.0 Å². The first-order chi connectivity index (χ1) is 12.3. The van der Waals surface area contributed by atoms with E-state index in [1.54, 1.807) is 41.5 Å². The van der Waals surface area contributed by atoms with Crippen molar-refractivity contribution in [3.8, 4) is 12.3 Å². The maximum atomic E-state index is 12.2. The van der Waals surface area contributed by atoms with Gasteiger partial charge < -0.3 is 25.4 Å². The van der Waals surface area contributed by atoms with Crippen LogP contribution in [0.15, 0.2) is 0 Å². The van der Waals surface area contributed by atoms with Crippen molar-refractivity contribution in [2.24, 2.45) is 0 Å². The maximum absolute atomic E-state index is 12.2. The molecule has 0 saturated heterocycles. The average Bonchev–Trinajstić information content (AvgIpc) is 2.47. The summed E-state index contributed by atoms with van der Waals surface area (Å²) in [6.45, 7) is 11.1. The Balaban J connectivity index is 4.43. The number of carbonyl (C=O) groups excluding carboxylic acids is 3. The number of amides is 3. The lowest BCUT2D eigenvalue weighted by Gasteiger charge is -2.23. The first kappa shape index (κ1) is 24.6. The smallest absolute Gasteiger partial charge is 0.408 e. The lowest BCUT2D eigenvalue weighted by molar-refractivity contribution is -0.123. The van der Waals surface area contributed by atoms with E-state index in [1.165, 1.54) is 0 Å². The Labute approximate surface area is 162 Å². The Morgan fingerprint density at radius 1 is 0.926 bits per heavy atom. The van der Waals surface area contributed by atoms with Crippen molar-refractivity contribution in [1.82, 2.24) is 16.0 Å². The number of unbranched alkanes of at least 4 members (excludes halogenated alkanes) is 1. The first-order valence-corrected chi connectivity index (χ1v) is 9.01. The molecule has 0 aliphatic heterocycles. The molecule has 3 amide bonds. The van der Waals surface area contributed by atoms with Crippen LogP contribution in [0.3, 0.4) is 0 Å². The van der Waals surface area contributed by atoms with Crippen molar-refractivity contribution in [3.05, 3.63) is 0 Å². The molecule has 0 bridgehead atoms. The van der Waals surface area contributed by atoms with E-state index in [1.807, 2.05) is 0 Å². The van der Waals surface area contributed by atoms with E-state index in [0.29, 0.717) is 25.8 Å². The quantitative estimate of drug-likeness (QED) is 0.441. The zero-order valence-electron chi connectivity index (χ0n) is 17.2. The van der Waals surface area contributed by atoms with Gasteiger partial charge in [-0.2, -0.15) is 0 Å². The number of hydrogen-bond donors (Lipinski definition) is 3. The maximum Gasteiger partial charge on any atom is 0.408 e. The standard InChI is InChI=1S/C19H33N3O5/c1-8-12-20-15(23)14(22-17(25)27-19(5,6)7)11-9-10-13-21-16(24)26-18(2,3)4/h1,14H,9-13H2,2-7H3,(H,20,23)(H,21,24)(H,22,25). The van der Waals surface area contributed by atoms with Crippen molar-refractivity contribution >= 4 is 18.1 Å². The summed E-state index contributed by atoms with van der Waals surface area (Å²) in [5.74, 6) is 1.94. The highest BCUT2D eigenvalue weighted by molar-refractivity contribution is 5.85. The molecule has 0 aromatic rings. The molecule has 0 aliphatic rings. The Hall–Kier alpha value is -2.43. The van der Waals surface area contributed by atoms with E-state index in [0.717, 1.165) is 0 Å². The molecule has 154 valence electrons. The summed E-state index contributed by atoms with van der Waals surface area (Å²) < 4.78 is 10.3. The summed E-state index contributed by atoms with van der Waals surface area (Å²) >= 11 is 0. The van der Waals surface area contributed by atoms with Crippen LogP contribution >= 0.6 is 0 Å². The Morgan fingerprint density at radius 2 is 1.48 bits per heavy atom. The van der Waals surface area contributed by atoms with E-state index >= 15 is 0 Å². The van der Waals surface area contributed by atoms with Crippen LogP contribution in [0.25, 0.3) is 0 Å². The van der Waals surface area contributed by atoms with Crippen molar-refractivity contribution < 1.29 is 23.9 Å². The predicted molar refractivity (Wildman–Crippen MR) is 103 cm³/mol. The molecule has 0 heterocycles. The van der Waals surface area contributed by atoms with Gasteiger partial charge in [-0.05, 0) is 60.8 Å². The monoisotopic (exact) mass is 383 g/mol. The predicted octanol–water partition coefficient (Wildman–Crippen LogP) is 2.32. The molecular formula is C19H33N3O5. The number of nitrogens with one attached hydrogen (secondary N) is 3. The summed E-state index contributed by atoms with van der Waals surface area (Å²) in [5.41, 5.74) is -1.22. The van der Waals surface area contributed by atoms with Gasteiger partial charge in [0.05, 0.1) is 6.54 Å². The third-order valence-corrected chi connectivity index (χ3v) is 2.96. The average molecular weight is 383 g/mol. The molecule has 1 atom stereocenters. The van der Waals surface area contributed by atoms with E-state index in [9.17, 15) is 14.4 Å². The van der Waals surface area contributed by atoms with Gasteiger partial charge in [-0.25, -0.2) is 9.59 Å². The molecule has 0 radical (unpaired) electrons. The van der Waals surface area contributed by atoms with Crippen LogP contribution in [0.1, 0.15) is 60.8 Å². The van der Waals surface area contributed by atoms with Gasteiger partial charge in [-0.1, -0.05) is 5.92 Å². The first-order valence-electron chi connectivity index (χ1n) is 9.01. The van der Waals surface area contributed by atoms with Crippen molar-refractivity contribution in [3.63, 3.8) is 0 Å². The molecule has 0 spiro atoms. The minimum Gasteiger partial charge on any atom is -0.444 e. The molecule has 0 aromatic heterocycles. The van der Waals surface area contributed by atoms with Gasteiger partial charge in [-0.3, -0.25) is 4.79 Å². The van der Waals surface area contributed by atoms with Crippen molar-refractivity contribution in [2.75, 3.05) is 13.1 Å². The second-order valence-electron chi connectivity index (χ2n) is 8.05. The van der Waals surface area contributed by atoms with Gasteiger partial charge in [0.25, 0.3) is 0 Å². The molecule has 0 saturated carbocycles. The molecule has 27 heavy (non-hydrogen) atoms. The number of carbonyl (C=O) groups is 3. The van der Waals surface area contributed by atoms with E-state index in [4.69, 9.17) is 15.9 Å². The van der Waals surface area contributed by atoms with Crippen LogP contribution < -0.4 is 16.0 Å². The summed E-state index contributed by atoms with van der Waals surface area (Å²) in [4.78, 5) is 35.7. The fourth-order valence-electron chi connectivity index (χ4n) is 1.96. The summed E-state index contributed by atoms with van der Waals surface area (Å²) in [5, 5.41) is 7.76. The molecule has 0 aromatic carbocycles.